The van der Waals surface area contributed by atoms with Crippen molar-refractivity contribution in [1.29, 1.82) is 0 Å². The van der Waals surface area contributed by atoms with E-state index in [1.54, 1.807) is 6.20 Å². The Balaban J connectivity index is 0.000000312. The zero-order valence-electron chi connectivity index (χ0n) is 10.3. The number of aryl methyl sites for hydroxylation is 2. The number of pyridine rings is 1. The van der Waals surface area contributed by atoms with Gasteiger partial charge in [-0.2, -0.15) is 0 Å². The normalized spacial score (nSPS) is 10.6. The molecule has 2 aromatic heterocycles. The van der Waals surface area contributed by atoms with E-state index in [-0.39, 0.29) is 0 Å². The second-order valence-electron chi connectivity index (χ2n) is 3.66. The maximum Gasteiger partial charge on any atom is 0.327 e. The van der Waals surface area contributed by atoms with Gasteiger partial charge in [-0.05, 0) is 12.1 Å². The summed E-state index contributed by atoms with van der Waals surface area (Å²) in [6.07, 6.45) is 1.80. The second-order valence-corrected chi connectivity index (χ2v) is 4.42. The van der Waals surface area contributed by atoms with E-state index in [9.17, 15) is 0 Å². The Kier molecular flexibility index (Phi) is 5.34. The lowest BCUT2D eigenvalue weighted by molar-refractivity contribution is -2.00. The van der Waals surface area contributed by atoms with E-state index in [0.717, 1.165) is 22.8 Å². The highest BCUT2D eigenvalue weighted by Gasteiger charge is 2.09. The molecule has 0 bridgehead atoms. The van der Waals surface area contributed by atoms with Crippen LogP contribution in [0.1, 0.15) is 11.5 Å². The van der Waals surface area contributed by atoms with Gasteiger partial charge in [0.15, 0.2) is 0 Å². The Labute approximate surface area is 112 Å². The summed E-state index contributed by atoms with van der Waals surface area (Å²) < 4.78 is 39.4. The van der Waals surface area contributed by atoms with Crippen LogP contribution in [0.15, 0.2) is 40.9 Å². The third-order valence-corrected chi connectivity index (χ3v) is 2.00. The van der Waals surface area contributed by atoms with Gasteiger partial charge in [-0.3, -0.25) is 4.98 Å². The standard InChI is InChI=1S/C12H12NO.ClHO4/c1-9-7-11(8-10(2)14-9)12-5-3-4-6-13-12;2-1(3,4)5/h3-8H,1-2H3;(H,2,3,4,5)/q+1;/p-1. The summed E-state index contributed by atoms with van der Waals surface area (Å²) in [5.74, 6) is 1.82. The minimum Gasteiger partial charge on any atom is -0.256 e. The first-order valence-electron chi connectivity index (χ1n) is 5.20. The molecule has 0 saturated heterocycles. The molecule has 0 N–H and O–H groups in total. The fraction of sp³-hybridized carbons (Fsp3) is 0.167. The maximum absolute atomic E-state index is 8.49. The summed E-state index contributed by atoms with van der Waals surface area (Å²) >= 11 is 0. The van der Waals surface area contributed by atoms with Gasteiger partial charge in [0.25, 0.3) is 0 Å². The maximum atomic E-state index is 8.49. The highest BCUT2D eigenvalue weighted by Crippen LogP contribution is 2.19. The Morgan fingerprint density at radius 2 is 1.53 bits per heavy atom. The first-order chi connectivity index (χ1) is 8.75. The summed E-state index contributed by atoms with van der Waals surface area (Å²) in [5.41, 5.74) is 2.08. The van der Waals surface area contributed by atoms with Crippen molar-refractivity contribution in [3.8, 4) is 11.3 Å². The van der Waals surface area contributed by atoms with Crippen molar-refractivity contribution in [3.05, 3.63) is 48.0 Å². The first kappa shape index (κ1) is 15.5. The van der Waals surface area contributed by atoms with Crippen LogP contribution in [0.3, 0.4) is 0 Å². The summed E-state index contributed by atoms with van der Waals surface area (Å²) in [6.45, 7) is 3.89. The molecule has 0 fully saturated rings. The Hall–Kier alpha value is -1.57. The van der Waals surface area contributed by atoms with Gasteiger partial charge in [0.05, 0.1) is 19.5 Å². The summed E-state index contributed by atoms with van der Waals surface area (Å²) in [6, 6.07) is 9.88. The minimum atomic E-state index is -4.94. The van der Waals surface area contributed by atoms with E-state index < -0.39 is 10.2 Å². The van der Waals surface area contributed by atoms with Crippen LogP contribution in [0.2, 0.25) is 0 Å². The quantitative estimate of drug-likeness (QED) is 0.588. The number of rotatable bonds is 1. The lowest BCUT2D eigenvalue weighted by Gasteiger charge is -2.17. The number of hydrogen-bond acceptors (Lipinski definition) is 5. The Morgan fingerprint density at radius 1 is 1.00 bits per heavy atom. The minimum absolute atomic E-state index is 0.908. The van der Waals surface area contributed by atoms with Crippen molar-refractivity contribution >= 4 is 0 Å². The lowest BCUT2D eigenvalue weighted by atomic mass is 10.1. The highest BCUT2D eigenvalue weighted by atomic mass is 35.7. The van der Waals surface area contributed by atoms with Crippen molar-refractivity contribution < 1.29 is 33.3 Å². The molecule has 0 aromatic carbocycles. The zero-order chi connectivity index (χ0) is 14.5. The van der Waals surface area contributed by atoms with E-state index in [1.807, 2.05) is 44.2 Å². The predicted octanol–water partition coefficient (Wildman–Crippen LogP) is -1.52. The molecule has 0 aliphatic heterocycles. The average molecular weight is 286 g/mol. The zero-order valence-corrected chi connectivity index (χ0v) is 11.1. The monoisotopic (exact) mass is 285 g/mol. The van der Waals surface area contributed by atoms with Crippen LogP contribution in [0.4, 0.5) is 0 Å². The van der Waals surface area contributed by atoms with Gasteiger partial charge in [-0.25, -0.2) is 23.1 Å². The summed E-state index contributed by atoms with van der Waals surface area (Å²) in [7, 11) is -4.94. The summed E-state index contributed by atoms with van der Waals surface area (Å²) in [4.78, 5) is 4.29. The van der Waals surface area contributed by atoms with Crippen molar-refractivity contribution in [2.45, 2.75) is 13.8 Å². The topological polar surface area (TPSA) is 116 Å². The molecule has 6 nitrogen and oxygen atoms in total. The third kappa shape index (κ3) is 6.80. The van der Waals surface area contributed by atoms with Gasteiger partial charge >= 0.3 is 11.5 Å². The van der Waals surface area contributed by atoms with E-state index in [0.29, 0.717) is 0 Å². The molecule has 0 aliphatic rings. The van der Waals surface area contributed by atoms with Gasteiger partial charge in [-0.1, -0.05) is 6.07 Å². The fourth-order valence-electron chi connectivity index (χ4n) is 1.47. The van der Waals surface area contributed by atoms with Gasteiger partial charge in [0.2, 0.25) is 0 Å². The Morgan fingerprint density at radius 3 is 1.95 bits per heavy atom. The van der Waals surface area contributed by atoms with Crippen LogP contribution in [-0.2, 0) is 0 Å². The number of aromatic nitrogens is 1. The van der Waals surface area contributed by atoms with E-state index in [2.05, 4.69) is 4.98 Å². The van der Waals surface area contributed by atoms with Crippen LogP contribution in [-0.4, -0.2) is 4.98 Å². The van der Waals surface area contributed by atoms with Crippen molar-refractivity contribution in [3.63, 3.8) is 0 Å². The van der Waals surface area contributed by atoms with Crippen molar-refractivity contribution in [2.24, 2.45) is 0 Å². The lowest BCUT2D eigenvalue weighted by Crippen LogP contribution is -2.68. The van der Waals surface area contributed by atoms with Crippen LogP contribution in [0.5, 0.6) is 0 Å². The second kappa shape index (κ2) is 6.55. The molecule has 0 saturated carbocycles. The molecule has 0 aliphatic carbocycles. The molecule has 2 rings (SSSR count). The molecular formula is C12H12ClNO5. The number of halogens is 1. The molecule has 0 atom stereocenters. The van der Waals surface area contributed by atoms with Gasteiger partial charge in [0.1, 0.15) is 0 Å². The smallest absolute Gasteiger partial charge is 0.256 e. The van der Waals surface area contributed by atoms with E-state index in [4.69, 9.17) is 23.1 Å². The van der Waals surface area contributed by atoms with Gasteiger partial charge in [0, 0.05) is 23.9 Å². The first-order valence-corrected chi connectivity index (χ1v) is 6.44. The Bertz CT molecular complexity index is 501. The van der Waals surface area contributed by atoms with Gasteiger partial charge < -0.3 is 0 Å². The molecule has 19 heavy (non-hydrogen) atoms. The summed E-state index contributed by atoms with van der Waals surface area (Å²) in [5, 5.41) is 0. The van der Waals surface area contributed by atoms with Crippen LogP contribution >= 0.6 is 0 Å². The van der Waals surface area contributed by atoms with E-state index >= 15 is 0 Å². The average Bonchev–Trinajstić information content (AvgIpc) is 2.26. The van der Waals surface area contributed by atoms with E-state index in [1.165, 1.54) is 0 Å². The molecule has 2 aromatic rings. The van der Waals surface area contributed by atoms with Crippen LogP contribution in [0.25, 0.3) is 11.3 Å². The molecule has 0 spiro atoms. The van der Waals surface area contributed by atoms with Crippen LogP contribution in [0, 0.1) is 24.1 Å². The number of hydrogen-bond donors (Lipinski definition) is 0. The van der Waals surface area contributed by atoms with Crippen LogP contribution < -0.4 is 18.6 Å². The molecule has 102 valence electrons. The highest BCUT2D eigenvalue weighted by molar-refractivity contribution is 5.58. The molecule has 0 radical (unpaired) electrons. The molecule has 0 unspecified atom stereocenters. The molecular weight excluding hydrogens is 274 g/mol. The fourth-order valence-corrected chi connectivity index (χ4v) is 1.47. The molecule has 2 heterocycles. The SMILES string of the molecule is Cc1cc(-c2ccccn2)cc(C)[o+]1.[O-][Cl+3]([O-])([O-])[O-]. The van der Waals surface area contributed by atoms with Gasteiger partial charge in [-0.15, -0.1) is 10.2 Å². The predicted molar refractivity (Wildman–Crippen MR) is 55.8 cm³/mol. The van der Waals surface area contributed by atoms with Crippen molar-refractivity contribution in [2.75, 3.05) is 0 Å². The number of nitrogens with zero attached hydrogens (tertiary/aromatic N) is 1. The van der Waals surface area contributed by atoms with Crippen molar-refractivity contribution in [1.82, 2.24) is 4.98 Å². The molecule has 7 heteroatoms. The molecule has 0 amide bonds. The third-order valence-electron chi connectivity index (χ3n) is 2.00. The largest absolute Gasteiger partial charge is 0.327 e.